The van der Waals surface area contributed by atoms with Gasteiger partial charge in [0.2, 0.25) is 0 Å². The van der Waals surface area contributed by atoms with Gasteiger partial charge in [-0.3, -0.25) is 4.79 Å². The van der Waals surface area contributed by atoms with Crippen molar-refractivity contribution in [1.29, 1.82) is 0 Å². The molecule has 0 atom stereocenters. The van der Waals surface area contributed by atoms with Gasteiger partial charge in [-0.25, -0.2) is 0 Å². The molecule has 1 aromatic rings. The maximum Gasteiger partial charge on any atom is 0.306 e. The van der Waals surface area contributed by atoms with Crippen molar-refractivity contribution >= 4 is 17.6 Å². The third kappa shape index (κ3) is 3.42. The Hall–Kier alpha value is -1.22. The fourth-order valence-corrected chi connectivity index (χ4v) is 1.67. The molecule has 0 bridgehead atoms. The molecule has 0 aliphatic heterocycles. The predicted molar refractivity (Wildman–Crippen MR) is 63.0 cm³/mol. The number of methoxy groups -OCH3 is 1. The monoisotopic (exact) mass is 242 g/mol. The summed E-state index contributed by atoms with van der Waals surface area (Å²) in [6, 6.07) is 5.52. The zero-order valence-corrected chi connectivity index (χ0v) is 10.2. The molecule has 0 unspecified atom stereocenters. The van der Waals surface area contributed by atoms with Crippen LogP contribution in [0.5, 0.6) is 5.75 Å². The van der Waals surface area contributed by atoms with Crippen LogP contribution < -0.4 is 4.74 Å². The van der Waals surface area contributed by atoms with Crippen molar-refractivity contribution in [3.63, 3.8) is 0 Å². The van der Waals surface area contributed by atoms with E-state index in [1.165, 1.54) is 0 Å². The summed E-state index contributed by atoms with van der Waals surface area (Å²) < 4.78 is 9.94. The molecular formula is C12H15ClO3. The second kappa shape index (κ2) is 6.38. The van der Waals surface area contributed by atoms with E-state index in [1.54, 1.807) is 20.1 Å². The lowest BCUT2D eigenvalue weighted by Gasteiger charge is -2.08. The highest BCUT2D eigenvalue weighted by Crippen LogP contribution is 2.28. The average Bonchev–Trinajstić information content (AvgIpc) is 2.28. The summed E-state index contributed by atoms with van der Waals surface area (Å²) in [6.07, 6.45) is 0.898. The number of carbonyl (C=O) groups excluding carboxylic acids is 1. The lowest BCUT2D eigenvalue weighted by molar-refractivity contribution is -0.143. The minimum atomic E-state index is -0.207. The smallest absolute Gasteiger partial charge is 0.306 e. The van der Waals surface area contributed by atoms with Crippen LogP contribution in [0.25, 0.3) is 0 Å². The second-order valence-corrected chi connectivity index (χ2v) is 3.62. The number of aryl methyl sites for hydroxylation is 1. The summed E-state index contributed by atoms with van der Waals surface area (Å²) in [5.41, 5.74) is 0.897. The SMILES string of the molecule is CCOC(=O)CCc1cccc(OC)c1Cl. The number of carbonyl (C=O) groups is 1. The van der Waals surface area contributed by atoms with Crippen molar-refractivity contribution in [2.75, 3.05) is 13.7 Å². The van der Waals surface area contributed by atoms with Gasteiger partial charge in [0.1, 0.15) is 5.75 Å². The zero-order chi connectivity index (χ0) is 12.0. The summed E-state index contributed by atoms with van der Waals surface area (Å²) in [5.74, 6) is 0.421. The standard InChI is InChI=1S/C12H15ClO3/c1-3-16-11(14)8-7-9-5-4-6-10(15-2)12(9)13/h4-6H,3,7-8H2,1-2H3. The normalized spacial score (nSPS) is 9.94. The number of rotatable bonds is 5. The molecule has 0 radical (unpaired) electrons. The van der Waals surface area contributed by atoms with E-state index in [-0.39, 0.29) is 5.97 Å². The molecule has 0 aliphatic rings. The van der Waals surface area contributed by atoms with Gasteiger partial charge in [-0.05, 0) is 25.0 Å². The van der Waals surface area contributed by atoms with Gasteiger partial charge in [0, 0.05) is 6.42 Å². The quantitative estimate of drug-likeness (QED) is 0.745. The Bertz CT molecular complexity index is 363. The first-order chi connectivity index (χ1) is 7.69. The molecule has 0 N–H and O–H groups in total. The highest BCUT2D eigenvalue weighted by molar-refractivity contribution is 6.32. The maximum absolute atomic E-state index is 11.2. The highest BCUT2D eigenvalue weighted by atomic mass is 35.5. The molecule has 0 aliphatic carbocycles. The molecule has 0 fully saturated rings. The van der Waals surface area contributed by atoms with Crippen LogP contribution >= 0.6 is 11.6 Å². The van der Waals surface area contributed by atoms with Crippen LogP contribution in [-0.4, -0.2) is 19.7 Å². The van der Waals surface area contributed by atoms with Crippen LogP contribution in [0.1, 0.15) is 18.9 Å². The largest absolute Gasteiger partial charge is 0.495 e. The molecule has 0 saturated heterocycles. The lowest BCUT2D eigenvalue weighted by Crippen LogP contribution is -2.05. The third-order valence-electron chi connectivity index (χ3n) is 2.17. The lowest BCUT2D eigenvalue weighted by atomic mass is 10.1. The topological polar surface area (TPSA) is 35.5 Å². The van der Waals surface area contributed by atoms with E-state index in [0.717, 1.165) is 5.56 Å². The molecular weight excluding hydrogens is 228 g/mol. The predicted octanol–water partition coefficient (Wildman–Crippen LogP) is 2.84. The number of halogens is 1. The number of hydrogen-bond acceptors (Lipinski definition) is 3. The van der Waals surface area contributed by atoms with Crippen molar-refractivity contribution in [2.45, 2.75) is 19.8 Å². The Morgan fingerprint density at radius 1 is 1.44 bits per heavy atom. The molecule has 3 nitrogen and oxygen atoms in total. The van der Waals surface area contributed by atoms with E-state index in [1.807, 2.05) is 12.1 Å². The van der Waals surface area contributed by atoms with Gasteiger partial charge in [-0.2, -0.15) is 0 Å². The number of hydrogen-bond donors (Lipinski definition) is 0. The van der Waals surface area contributed by atoms with Crippen molar-refractivity contribution < 1.29 is 14.3 Å². The van der Waals surface area contributed by atoms with Crippen LogP contribution in [-0.2, 0) is 16.0 Å². The molecule has 88 valence electrons. The van der Waals surface area contributed by atoms with E-state index in [2.05, 4.69) is 0 Å². The molecule has 0 spiro atoms. The molecule has 0 amide bonds. The summed E-state index contributed by atoms with van der Waals surface area (Å²) >= 11 is 6.09. The van der Waals surface area contributed by atoms with Crippen LogP contribution in [0.2, 0.25) is 5.02 Å². The molecule has 0 heterocycles. The molecule has 4 heteroatoms. The fraction of sp³-hybridized carbons (Fsp3) is 0.417. The van der Waals surface area contributed by atoms with Crippen molar-refractivity contribution in [1.82, 2.24) is 0 Å². The molecule has 16 heavy (non-hydrogen) atoms. The Morgan fingerprint density at radius 2 is 2.19 bits per heavy atom. The number of esters is 1. The van der Waals surface area contributed by atoms with Crippen molar-refractivity contribution in [3.8, 4) is 5.75 Å². The van der Waals surface area contributed by atoms with E-state index >= 15 is 0 Å². The first-order valence-electron chi connectivity index (χ1n) is 5.16. The Morgan fingerprint density at radius 3 is 2.81 bits per heavy atom. The minimum absolute atomic E-state index is 0.207. The van der Waals surface area contributed by atoms with E-state index in [9.17, 15) is 4.79 Å². The van der Waals surface area contributed by atoms with Gasteiger partial charge in [-0.1, -0.05) is 23.7 Å². The summed E-state index contributed by atoms with van der Waals surface area (Å²) in [5, 5.41) is 0.564. The highest BCUT2D eigenvalue weighted by Gasteiger charge is 2.08. The molecule has 0 saturated carbocycles. The van der Waals surface area contributed by atoms with Crippen LogP contribution in [0.4, 0.5) is 0 Å². The average molecular weight is 243 g/mol. The van der Waals surface area contributed by atoms with Crippen LogP contribution in [0.15, 0.2) is 18.2 Å². The Kier molecular flexibility index (Phi) is 5.12. The molecule has 0 aromatic heterocycles. The van der Waals surface area contributed by atoms with Gasteiger partial charge >= 0.3 is 5.97 Å². The third-order valence-corrected chi connectivity index (χ3v) is 2.60. The summed E-state index contributed by atoms with van der Waals surface area (Å²) in [4.78, 5) is 11.2. The first kappa shape index (κ1) is 12.8. The van der Waals surface area contributed by atoms with E-state index in [4.69, 9.17) is 21.1 Å². The zero-order valence-electron chi connectivity index (χ0n) is 9.46. The fourth-order valence-electron chi connectivity index (χ4n) is 1.38. The van der Waals surface area contributed by atoms with Crippen LogP contribution in [0.3, 0.4) is 0 Å². The number of ether oxygens (including phenoxy) is 2. The minimum Gasteiger partial charge on any atom is -0.495 e. The number of benzene rings is 1. The van der Waals surface area contributed by atoms with Gasteiger partial charge in [0.25, 0.3) is 0 Å². The summed E-state index contributed by atoms with van der Waals surface area (Å²) in [7, 11) is 1.57. The van der Waals surface area contributed by atoms with Gasteiger partial charge < -0.3 is 9.47 Å². The molecule has 1 aromatic carbocycles. The van der Waals surface area contributed by atoms with E-state index in [0.29, 0.717) is 30.2 Å². The van der Waals surface area contributed by atoms with Crippen molar-refractivity contribution in [3.05, 3.63) is 28.8 Å². The maximum atomic E-state index is 11.2. The Balaban J connectivity index is 2.63. The molecule has 1 rings (SSSR count). The van der Waals surface area contributed by atoms with Crippen molar-refractivity contribution in [2.24, 2.45) is 0 Å². The van der Waals surface area contributed by atoms with Gasteiger partial charge in [0.15, 0.2) is 0 Å². The van der Waals surface area contributed by atoms with Gasteiger partial charge in [0.05, 0.1) is 18.7 Å². The summed E-state index contributed by atoms with van der Waals surface area (Å²) in [6.45, 7) is 2.20. The first-order valence-corrected chi connectivity index (χ1v) is 5.53. The van der Waals surface area contributed by atoms with Gasteiger partial charge in [-0.15, -0.1) is 0 Å². The second-order valence-electron chi connectivity index (χ2n) is 3.24. The Labute approximate surface area is 100 Å². The van der Waals surface area contributed by atoms with E-state index < -0.39 is 0 Å². The van der Waals surface area contributed by atoms with Crippen LogP contribution in [0, 0.1) is 0 Å².